The number of halogens is 4. The molecule has 6 bridgehead atoms. The molecule has 4 N–H and O–H groups in total. The summed E-state index contributed by atoms with van der Waals surface area (Å²) in [6.45, 7) is 9.55. The average molecular weight is 575 g/mol. The molecule has 5 heterocycles. The number of nitrogens with zero attached hydrogens (tertiary/aromatic N) is 2. The van der Waals surface area contributed by atoms with E-state index in [-0.39, 0.29) is 23.6 Å². The molecule has 4 aliphatic rings. The zero-order valence-electron chi connectivity index (χ0n) is 23.0. The molecule has 0 saturated heterocycles. The van der Waals surface area contributed by atoms with Crippen molar-refractivity contribution in [1.29, 1.82) is 0 Å². The molecule has 0 fully saturated rings. The second-order valence-electron chi connectivity index (χ2n) is 10.5. The monoisotopic (exact) mass is 574 g/mol. The van der Waals surface area contributed by atoms with Gasteiger partial charge in [-0.25, -0.2) is 4.39 Å². The van der Waals surface area contributed by atoms with Gasteiger partial charge in [0.2, 0.25) is 0 Å². The van der Waals surface area contributed by atoms with E-state index >= 15 is 0 Å². The SMILES string of the molecule is C=C1NCC(C)(C)CNCCCOc2ccc(c(F)c2)CNc2cc(nc(OCC(F)(F)F)n2)Nc2ccc1cc2. The molecule has 0 saturated carbocycles. The predicted octanol–water partition coefficient (Wildman–Crippen LogP) is 5.87. The maximum absolute atomic E-state index is 14.8. The second-order valence-corrected chi connectivity index (χ2v) is 10.5. The molecule has 0 spiro atoms. The lowest BCUT2D eigenvalue weighted by Crippen LogP contribution is -2.38. The summed E-state index contributed by atoms with van der Waals surface area (Å²) >= 11 is 0. The summed E-state index contributed by atoms with van der Waals surface area (Å²) in [5.41, 5.74) is 2.56. The van der Waals surface area contributed by atoms with Crippen molar-refractivity contribution in [1.82, 2.24) is 20.6 Å². The molecule has 1 aromatic heterocycles. The molecule has 7 rings (SSSR count). The van der Waals surface area contributed by atoms with Crippen LogP contribution >= 0.6 is 0 Å². The van der Waals surface area contributed by atoms with Gasteiger partial charge in [0.15, 0.2) is 6.61 Å². The molecular formula is C29H34F4N6O2. The van der Waals surface area contributed by atoms with Gasteiger partial charge < -0.3 is 30.7 Å². The molecule has 0 aliphatic carbocycles. The molecule has 220 valence electrons. The van der Waals surface area contributed by atoms with E-state index in [1.807, 2.05) is 12.1 Å². The molecule has 0 radical (unpaired) electrons. The van der Waals surface area contributed by atoms with E-state index < -0.39 is 24.6 Å². The number of hydrogen-bond donors (Lipinski definition) is 4. The fourth-order valence-corrected chi connectivity index (χ4v) is 3.96. The smallest absolute Gasteiger partial charge is 0.422 e. The Labute approximate surface area is 236 Å². The Kier molecular flexibility index (Phi) is 9.53. The molecule has 3 aromatic rings. The summed E-state index contributed by atoms with van der Waals surface area (Å²) in [7, 11) is 0. The van der Waals surface area contributed by atoms with Crippen LogP contribution in [0.25, 0.3) is 5.70 Å². The molecule has 41 heavy (non-hydrogen) atoms. The van der Waals surface area contributed by atoms with E-state index in [1.54, 1.807) is 24.3 Å². The number of benzene rings is 2. The highest BCUT2D eigenvalue weighted by molar-refractivity contribution is 5.66. The van der Waals surface area contributed by atoms with Gasteiger partial charge >= 0.3 is 12.2 Å². The van der Waals surface area contributed by atoms with Crippen LogP contribution in [0.1, 0.15) is 31.4 Å². The number of ether oxygens (including phenoxy) is 2. The summed E-state index contributed by atoms with van der Waals surface area (Å²) < 4.78 is 63.6. The Bertz CT molecular complexity index is 1330. The van der Waals surface area contributed by atoms with Gasteiger partial charge in [-0.05, 0) is 42.1 Å². The molecule has 0 unspecified atom stereocenters. The van der Waals surface area contributed by atoms with E-state index in [9.17, 15) is 17.6 Å². The van der Waals surface area contributed by atoms with Crippen LogP contribution in [-0.4, -0.2) is 49.0 Å². The van der Waals surface area contributed by atoms with Crippen LogP contribution in [0.5, 0.6) is 11.8 Å². The first-order valence-electron chi connectivity index (χ1n) is 13.2. The minimum absolute atomic E-state index is 0.0186. The first kappa shape index (κ1) is 29.9. The molecule has 12 heteroatoms. The van der Waals surface area contributed by atoms with Gasteiger partial charge in [-0.1, -0.05) is 38.6 Å². The fraction of sp³-hybridized carbons (Fsp3) is 0.379. The van der Waals surface area contributed by atoms with Crippen molar-refractivity contribution in [2.45, 2.75) is 33.0 Å². The summed E-state index contributed by atoms with van der Waals surface area (Å²) in [6, 6.07) is 12.9. The number of alkyl halides is 3. The minimum Gasteiger partial charge on any atom is -0.493 e. The Morgan fingerprint density at radius 1 is 1.00 bits per heavy atom. The zero-order valence-corrected chi connectivity index (χ0v) is 23.0. The number of rotatable bonds is 2. The average Bonchev–Trinajstić information content (AvgIpc) is 2.91. The lowest BCUT2D eigenvalue weighted by Gasteiger charge is -2.27. The molecule has 0 amide bonds. The summed E-state index contributed by atoms with van der Waals surface area (Å²) in [4.78, 5) is 8.08. The van der Waals surface area contributed by atoms with Crippen LogP contribution in [0.4, 0.5) is 34.9 Å². The Hall–Kier alpha value is -4.06. The summed E-state index contributed by atoms with van der Waals surface area (Å²) in [5.74, 6) is 0.265. The molecule has 0 atom stereocenters. The van der Waals surface area contributed by atoms with Gasteiger partial charge in [0.05, 0.1) is 6.61 Å². The fourth-order valence-electron chi connectivity index (χ4n) is 3.96. The normalized spacial score (nSPS) is 16.5. The van der Waals surface area contributed by atoms with E-state index in [4.69, 9.17) is 9.47 Å². The highest BCUT2D eigenvalue weighted by Crippen LogP contribution is 2.25. The van der Waals surface area contributed by atoms with Gasteiger partial charge in [0.1, 0.15) is 23.2 Å². The molecule has 8 nitrogen and oxygen atoms in total. The highest BCUT2D eigenvalue weighted by atomic mass is 19.4. The van der Waals surface area contributed by atoms with Crippen LogP contribution in [0.3, 0.4) is 0 Å². The third kappa shape index (κ3) is 9.52. The van der Waals surface area contributed by atoms with Crippen molar-refractivity contribution in [3.63, 3.8) is 0 Å². The predicted molar refractivity (Wildman–Crippen MR) is 151 cm³/mol. The van der Waals surface area contributed by atoms with Crippen molar-refractivity contribution in [2.24, 2.45) is 5.41 Å². The van der Waals surface area contributed by atoms with Gasteiger partial charge in [0, 0.05) is 48.7 Å². The number of nitrogens with one attached hydrogen (secondary N) is 4. The van der Waals surface area contributed by atoms with Crippen LogP contribution in [0, 0.1) is 11.2 Å². The van der Waals surface area contributed by atoms with E-state index in [0.29, 0.717) is 30.2 Å². The highest BCUT2D eigenvalue weighted by Gasteiger charge is 2.29. The Balaban J connectivity index is 1.59. The largest absolute Gasteiger partial charge is 0.493 e. The van der Waals surface area contributed by atoms with Crippen molar-refractivity contribution >= 4 is 23.0 Å². The van der Waals surface area contributed by atoms with E-state index in [2.05, 4.69) is 51.7 Å². The lowest BCUT2D eigenvalue weighted by molar-refractivity contribution is -0.154. The third-order valence-electron chi connectivity index (χ3n) is 6.21. The summed E-state index contributed by atoms with van der Waals surface area (Å²) in [5, 5.41) is 12.8. The van der Waals surface area contributed by atoms with E-state index in [0.717, 1.165) is 30.8 Å². The number of aromatic nitrogens is 2. The molecule has 4 aliphatic heterocycles. The Morgan fingerprint density at radius 2 is 1.76 bits per heavy atom. The van der Waals surface area contributed by atoms with Crippen LogP contribution < -0.4 is 30.7 Å². The van der Waals surface area contributed by atoms with Crippen LogP contribution in [0.2, 0.25) is 0 Å². The number of hydrogen-bond acceptors (Lipinski definition) is 8. The van der Waals surface area contributed by atoms with Crippen molar-refractivity contribution < 1.29 is 27.0 Å². The van der Waals surface area contributed by atoms with Gasteiger partial charge in [-0.15, -0.1) is 0 Å². The maximum Gasteiger partial charge on any atom is 0.422 e. The van der Waals surface area contributed by atoms with Crippen molar-refractivity contribution in [3.8, 4) is 11.8 Å². The second kappa shape index (κ2) is 13.1. The minimum atomic E-state index is -4.57. The van der Waals surface area contributed by atoms with Gasteiger partial charge in [-0.2, -0.15) is 23.1 Å². The van der Waals surface area contributed by atoms with Crippen molar-refractivity contribution in [2.75, 3.05) is 43.5 Å². The zero-order chi connectivity index (χ0) is 29.5. The standard InChI is InChI=1S/C29H34F4N6O2/c1-19-20-5-8-22(9-6-20)37-26-14-25(38-27(39-26)41-18-29(31,32)33)35-15-21-7-10-23(13-24(21)30)40-12-4-11-34-16-28(2,3)17-36-19/h5-10,13-14,34,36H,1,4,11-12,15-18H2,2-3H3,(H2,35,37,38,39). The molecular weight excluding hydrogens is 540 g/mol. The summed E-state index contributed by atoms with van der Waals surface area (Å²) in [6.07, 6.45) is -3.82. The van der Waals surface area contributed by atoms with Crippen LogP contribution in [-0.2, 0) is 6.54 Å². The lowest BCUT2D eigenvalue weighted by atomic mass is 9.93. The van der Waals surface area contributed by atoms with Gasteiger partial charge in [-0.3, -0.25) is 0 Å². The topological polar surface area (TPSA) is 92.4 Å². The van der Waals surface area contributed by atoms with Gasteiger partial charge in [0.25, 0.3) is 0 Å². The molecule has 2 aromatic carbocycles. The Morgan fingerprint density at radius 3 is 2.49 bits per heavy atom. The number of anilines is 3. The third-order valence-corrected chi connectivity index (χ3v) is 6.21. The first-order valence-corrected chi connectivity index (χ1v) is 13.2. The van der Waals surface area contributed by atoms with Crippen molar-refractivity contribution in [3.05, 3.63) is 72.1 Å². The van der Waals surface area contributed by atoms with E-state index in [1.165, 1.54) is 12.1 Å². The first-order chi connectivity index (χ1) is 19.5. The van der Waals surface area contributed by atoms with Crippen LogP contribution in [0.15, 0.2) is 55.1 Å². The quantitative estimate of drug-likeness (QED) is 0.283. The maximum atomic E-state index is 14.8.